The normalized spacial score (nSPS) is 10.4. The first-order valence-corrected chi connectivity index (χ1v) is 6.04. The molecule has 0 bridgehead atoms. The molecule has 0 fully saturated rings. The van der Waals surface area contributed by atoms with E-state index >= 15 is 0 Å². The highest BCUT2D eigenvalue weighted by Crippen LogP contribution is 2.45. The molecule has 0 spiro atoms. The molecule has 8 heavy (non-hydrogen) atoms. The summed E-state index contributed by atoms with van der Waals surface area (Å²) in [7, 11) is 0. The molecular weight excluding hydrogens is 182 g/mol. The molecule has 0 aliphatic heterocycles. The van der Waals surface area contributed by atoms with E-state index in [-0.39, 0.29) is 0 Å². The van der Waals surface area contributed by atoms with E-state index in [0.717, 1.165) is 5.30 Å². The fourth-order valence-corrected chi connectivity index (χ4v) is 2.72. The Bertz CT molecular complexity index is 149. The molecule has 0 aliphatic rings. The Morgan fingerprint density at radius 3 is 2.50 bits per heavy atom. The Labute approximate surface area is 62.8 Å². The van der Waals surface area contributed by atoms with Gasteiger partial charge in [-0.25, -0.2) is 0 Å². The predicted molar refractivity (Wildman–Crippen MR) is 42.6 cm³/mol. The lowest BCUT2D eigenvalue weighted by Gasteiger charge is -1.90. The molecule has 0 amide bonds. The zero-order chi connectivity index (χ0) is 5.98. The standard InChI is InChI=1S/C4H3Cl2PS/c5-7(6)4-1-2-8-3-4/h1-3H. The topological polar surface area (TPSA) is 0 Å². The average Bonchev–Trinajstić information content (AvgIpc) is 2.12. The maximum absolute atomic E-state index is 5.58. The molecule has 0 radical (unpaired) electrons. The molecule has 1 aromatic heterocycles. The van der Waals surface area contributed by atoms with Crippen LogP contribution in [-0.4, -0.2) is 0 Å². The smallest absolute Gasteiger partial charge is 0.117 e. The van der Waals surface area contributed by atoms with Crippen molar-refractivity contribution in [1.82, 2.24) is 0 Å². The van der Waals surface area contributed by atoms with Crippen molar-refractivity contribution >= 4 is 45.7 Å². The van der Waals surface area contributed by atoms with Crippen molar-refractivity contribution in [3.8, 4) is 0 Å². The summed E-state index contributed by atoms with van der Waals surface area (Å²) in [6, 6.07) is 1.94. The summed E-state index contributed by atoms with van der Waals surface area (Å²) >= 11 is 12.8. The van der Waals surface area contributed by atoms with Crippen LogP contribution in [0.15, 0.2) is 16.8 Å². The molecule has 0 aliphatic carbocycles. The summed E-state index contributed by atoms with van der Waals surface area (Å²) in [5, 5.41) is 4.98. The minimum absolute atomic E-state index is 0.904. The van der Waals surface area contributed by atoms with E-state index in [2.05, 4.69) is 0 Å². The second-order valence-electron chi connectivity index (χ2n) is 1.21. The van der Waals surface area contributed by atoms with Gasteiger partial charge < -0.3 is 0 Å². The second kappa shape index (κ2) is 3.03. The van der Waals surface area contributed by atoms with E-state index in [1.54, 1.807) is 11.3 Å². The van der Waals surface area contributed by atoms with Crippen molar-refractivity contribution in [1.29, 1.82) is 0 Å². The van der Waals surface area contributed by atoms with Crippen molar-refractivity contribution in [3.63, 3.8) is 0 Å². The van der Waals surface area contributed by atoms with Crippen LogP contribution >= 0.6 is 40.4 Å². The molecule has 0 unspecified atom stereocenters. The molecule has 44 valence electrons. The summed E-state index contributed by atoms with van der Waals surface area (Å²) < 4.78 is 0. The molecular formula is C4H3Cl2PS. The van der Waals surface area contributed by atoms with Gasteiger partial charge >= 0.3 is 0 Å². The summed E-state index contributed by atoms with van der Waals surface area (Å²) in [6.45, 7) is -0.904. The van der Waals surface area contributed by atoms with Crippen LogP contribution in [0.5, 0.6) is 0 Å². The third kappa shape index (κ3) is 1.60. The van der Waals surface area contributed by atoms with Gasteiger partial charge in [0.05, 0.1) is 0 Å². The molecule has 0 N–H and O–H groups in total. The van der Waals surface area contributed by atoms with Gasteiger partial charge in [0.15, 0.2) is 0 Å². The number of hydrogen-bond donors (Lipinski definition) is 0. The second-order valence-corrected chi connectivity index (χ2v) is 5.52. The molecule has 0 nitrogen and oxygen atoms in total. The lowest BCUT2D eigenvalue weighted by molar-refractivity contribution is 2.16. The van der Waals surface area contributed by atoms with Gasteiger partial charge in [0.1, 0.15) is 6.63 Å². The first-order chi connectivity index (χ1) is 3.80. The quantitative estimate of drug-likeness (QED) is 0.589. The average molecular weight is 185 g/mol. The van der Waals surface area contributed by atoms with Crippen LogP contribution < -0.4 is 5.30 Å². The fraction of sp³-hybridized carbons (Fsp3) is 0. The van der Waals surface area contributed by atoms with Crippen LogP contribution in [0.4, 0.5) is 0 Å². The summed E-state index contributed by atoms with van der Waals surface area (Å²) in [5.74, 6) is 0. The van der Waals surface area contributed by atoms with Crippen molar-refractivity contribution < 1.29 is 0 Å². The van der Waals surface area contributed by atoms with Crippen molar-refractivity contribution in [2.24, 2.45) is 0 Å². The SMILES string of the molecule is ClP(Cl)c1ccsc1. The zero-order valence-electron chi connectivity index (χ0n) is 3.84. The molecule has 0 aromatic carbocycles. The van der Waals surface area contributed by atoms with Crippen LogP contribution in [0.2, 0.25) is 0 Å². The van der Waals surface area contributed by atoms with E-state index in [1.165, 1.54) is 0 Å². The largest absolute Gasteiger partial charge is 0.152 e. The molecule has 0 saturated carbocycles. The highest BCUT2D eigenvalue weighted by atomic mass is 35.9. The molecule has 1 heterocycles. The number of thiophene rings is 1. The molecule has 1 aromatic rings. The third-order valence-electron chi connectivity index (χ3n) is 0.701. The van der Waals surface area contributed by atoms with Gasteiger partial charge in [-0.05, 0) is 11.4 Å². The monoisotopic (exact) mass is 184 g/mol. The van der Waals surface area contributed by atoms with Crippen LogP contribution in [0.1, 0.15) is 0 Å². The van der Waals surface area contributed by atoms with Crippen LogP contribution in [0.3, 0.4) is 0 Å². The zero-order valence-corrected chi connectivity index (χ0v) is 7.07. The lowest BCUT2D eigenvalue weighted by atomic mass is 10.7. The van der Waals surface area contributed by atoms with Crippen molar-refractivity contribution in [2.75, 3.05) is 0 Å². The Morgan fingerprint density at radius 2 is 2.25 bits per heavy atom. The first-order valence-electron chi connectivity index (χ1n) is 1.94. The maximum Gasteiger partial charge on any atom is 0.117 e. The van der Waals surface area contributed by atoms with Gasteiger partial charge in [-0.3, -0.25) is 0 Å². The summed E-state index contributed by atoms with van der Waals surface area (Å²) in [5.41, 5.74) is 0. The van der Waals surface area contributed by atoms with Crippen LogP contribution in [0, 0.1) is 0 Å². The first kappa shape index (κ1) is 6.82. The minimum atomic E-state index is -0.904. The van der Waals surface area contributed by atoms with Crippen LogP contribution in [0.25, 0.3) is 0 Å². The highest BCUT2D eigenvalue weighted by molar-refractivity contribution is 8.09. The Morgan fingerprint density at radius 1 is 1.50 bits per heavy atom. The molecule has 4 heteroatoms. The van der Waals surface area contributed by atoms with Gasteiger partial charge in [-0.15, -0.1) is 0 Å². The van der Waals surface area contributed by atoms with Crippen LogP contribution in [-0.2, 0) is 0 Å². The van der Waals surface area contributed by atoms with Gasteiger partial charge in [0.25, 0.3) is 0 Å². The molecule has 0 saturated heterocycles. The maximum atomic E-state index is 5.58. The van der Waals surface area contributed by atoms with E-state index in [1.807, 2.05) is 16.8 Å². The summed E-state index contributed by atoms with van der Waals surface area (Å²) in [4.78, 5) is 0. The Balaban J connectivity index is 2.77. The fourth-order valence-electron chi connectivity index (χ4n) is 0.353. The van der Waals surface area contributed by atoms with E-state index in [0.29, 0.717) is 0 Å². The van der Waals surface area contributed by atoms with Crippen molar-refractivity contribution in [2.45, 2.75) is 0 Å². The van der Waals surface area contributed by atoms with Gasteiger partial charge in [0, 0.05) is 10.7 Å². The number of halogens is 2. The van der Waals surface area contributed by atoms with E-state index < -0.39 is 6.63 Å². The molecule has 1 rings (SSSR count). The van der Waals surface area contributed by atoms with Gasteiger partial charge in [0.2, 0.25) is 0 Å². The minimum Gasteiger partial charge on any atom is -0.152 e. The summed E-state index contributed by atoms with van der Waals surface area (Å²) in [6.07, 6.45) is 0. The number of rotatable bonds is 1. The molecule has 0 atom stereocenters. The lowest BCUT2D eigenvalue weighted by Crippen LogP contribution is -1.83. The Hall–Kier alpha value is 0.710. The van der Waals surface area contributed by atoms with Crippen molar-refractivity contribution in [3.05, 3.63) is 16.8 Å². The highest BCUT2D eigenvalue weighted by Gasteiger charge is 2.00. The third-order valence-corrected chi connectivity index (χ3v) is 3.40. The Kier molecular flexibility index (Phi) is 2.58. The predicted octanol–water partition coefficient (Wildman–Crippen LogP) is 3.16. The van der Waals surface area contributed by atoms with Gasteiger partial charge in [-0.2, -0.15) is 11.3 Å². The van der Waals surface area contributed by atoms with E-state index in [4.69, 9.17) is 22.5 Å². The van der Waals surface area contributed by atoms with E-state index in [9.17, 15) is 0 Å². The van der Waals surface area contributed by atoms with Gasteiger partial charge in [-0.1, -0.05) is 22.5 Å². The number of hydrogen-bond acceptors (Lipinski definition) is 1.